The van der Waals surface area contributed by atoms with Gasteiger partial charge in [0, 0.05) is 10.9 Å². The maximum Gasteiger partial charge on any atom is 0.300 e. The quantitative estimate of drug-likeness (QED) is 0.283. The van der Waals surface area contributed by atoms with Gasteiger partial charge in [-0.3, -0.25) is 14.5 Å². The first kappa shape index (κ1) is 23.6. The van der Waals surface area contributed by atoms with E-state index in [1.165, 1.54) is 18.4 Å². The second kappa shape index (κ2) is 8.68. The zero-order chi connectivity index (χ0) is 24.8. The van der Waals surface area contributed by atoms with Gasteiger partial charge in [-0.25, -0.2) is 8.78 Å². The fourth-order valence-electron chi connectivity index (χ4n) is 3.97. The molecule has 0 spiro atoms. The third-order valence-electron chi connectivity index (χ3n) is 5.75. The summed E-state index contributed by atoms with van der Waals surface area (Å²) in [5.74, 6) is -3.82. The van der Waals surface area contributed by atoms with Crippen molar-refractivity contribution < 1.29 is 28.2 Å². The SMILES string of the molecule is COc1ccc(C(C)(C)C)cc1/C(O)=C1\C(=O)C(=O)N(c2cc(F)ccc2F)C1c1cccs1. The molecule has 0 radical (unpaired) electrons. The van der Waals surface area contributed by atoms with Crippen molar-refractivity contribution in [3.05, 3.63) is 87.1 Å². The molecule has 34 heavy (non-hydrogen) atoms. The molecule has 0 aliphatic carbocycles. The Kier molecular flexibility index (Phi) is 6.03. The Hall–Kier alpha value is -3.52. The molecule has 1 fully saturated rings. The Balaban J connectivity index is 2.00. The number of methoxy groups -OCH3 is 1. The number of aliphatic hydroxyl groups is 1. The van der Waals surface area contributed by atoms with Crippen LogP contribution in [0.15, 0.2) is 59.5 Å². The number of nitrogens with zero attached hydrogens (tertiary/aromatic N) is 1. The second-order valence-corrected chi connectivity index (χ2v) is 9.92. The number of Topliss-reactive ketones (excluding diaryl/α,β-unsaturated/α-hetero) is 1. The highest BCUT2D eigenvalue weighted by Crippen LogP contribution is 2.45. The van der Waals surface area contributed by atoms with Crippen molar-refractivity contribution in [2.75, 3.05) is 12.0 Å². The summed E-state index contributed by atoms with van der Waals surface area (Å²) in [7, 11) is 1.43. The van der Waals surface area contributed by atoms with Gasteiger partial charge in [0.05, 0.1) is 23.9 Å². The predicted octanol–water partition coefficient (Wildman–Crippen LogP) is 5.96. The number of carbonyl (C=O) groups is 2. The highest BCUT2D eigenvalue weighted by atomic mass is 32.1. The second-order valence-electron chi connectivity index (χ2n) is 8.95. The third kappa shape index (κ3) is 3.98. The minimum Gasteiger partial charge on any atom is -0.507 e. The fourth-order valence-corrected chi connectivity index (χ4v) is 4.80. The largest absolute Gasteiger partial charge is 0.507 e. The average molecular weight is 484 g/mol. The lowest BCUT2D eigenvalue weighted by Crippen LogP contribution is -2.30. The van der Waals surface area contributed by atoms with Gasteiger partial charge < -0.3 is 9.84 Å². The summed E-state index contributed by atoms with van der Waals surface area (Å²) >= 11 is 1.23. The van der Waals surface area contributed by atoms with Gasteiger partial charge in [-0.15, -0.1) is 11.3 Å². The number of hydrogen-bond donors (Lipinski definition) is 1. The predicted molar refractivity (Wildman–Crippen MR) is 127 cm³/mol. The van der Waals surface area contributed by atoms with Crippen molar-refractivity contribution in [1.82, 2.24) is 0 Å². The molecule has 0 saturated carbocycles. The van der Waals surface area contributed by atoms with Gasteiger partial charge in [-0.05, 0) is 46.7 Å². The molecule has 8 heteroatoms. The molecule has 1 amide bonds. The van der Waals surface area contributed by atoms with Crippen molar-refractivity contribution >= 4 is 34.5 Å². The van der Waals surface area contributed by atoms with E-state index in [0.717, 1.165) is 28.7 Å². The van der Waals surface area contributed by atoms with E-state index in [0.29, 0.717) is 10.6 Å². The van der Waals surface area contributed by atoms with E-state index < -0.39 is 35.1 Å². The summed E-state index contributed by atoms with van der Waals surface area (Å²) in [6.07, 6.45) is 0. The van der Waals surface area contributed by atoms with E-state index in [1.807, 2.05) is 26.8 Å². The number of hydrogen-bond acceptors (Lipinski definition) is 5. The lowest BCUT2D eigenvalue weighted by atomic mass is 9.85. The van der Waals surface area contributed by atoms with Crippen LogP contribution in [0.25, 0.3) is 5.76 Å². The average Bonchev–Trinajstić information content (AvgIpc) is 3.41. The van der Waals surface area contributed by atoms with E-state index in [2.05, 4.69) is 0 Å². The third-order valence-corrected chi connectivity index (χ3v) is 6.67. The molecule has 1 unspecified atom stereocenters. The van der Waals surface area contributed by atoms with Crippen molar-refractivity contribution in [3.8, 4) is 5.75 Å². The number of rotatable bonds is 4. The zero-order valence-electron chi connectivity index (χ0n) is 19.1. The van der Waals surface area contributed by atoms with Gasteiger partial charge in [0.25, 0.3) is 11.7 Å². The van der Waals surface area contributed by atoms with Crippen LogP contribution in [0.2, 0.25) is 0 Å². The molecule has 5 nitrogen and oxygen atoms in total. The minimum atomic E-state index is -1.14. The molecule has 0 bridgehead atoms. The smallest absolute Gasteiger partial charge is 0.300 e. The standard InChI is InChI=1S/C26H23F2NO4S/c1-26(2,3)14-7-10-19(33-4)16(12-14)23(30)21-22(20-6-5-11-34-20)29(25(32)24(21)31)18-13-15(27)8-9-17(18)28/h5-13,22,30H,1-4H3/b23-21+. The molecule has 1 atom stereocenters. The summed E-state index contributed by atoms with van der Waals surface area (Å²) in [4.78, 5) is 27.8. The summed E-state index contributed by atoms with van der Waals surface area (Å²) in [6.45, 7) is 5.99. The van der Waals surface area contributed by atoms with Crippen LogP contribution in [0.1, 0.15) is 42.8 Å². The van der Waals surface area contributed by atoms with Crippen LogP contribution in [0, 0.1) is 11.6 Å². The van der Waals surface area contributed by atoms with Gasteiger partial charge in [-0.2, -0.15) is 0 Å². The number of aliphatic hydroxyl groups excluding tert-OH is 1. The van der Waals surface area contributed by atoms with Crippen LogP contribution in [0.3, 0.4) is 0 Å². The molecule has 1 N–H and O–H groups in total. The topological polar surface area (TPSA) is 66.8 Å². The van der Waals surface area contributed by atoms with E-state index in [-0.39, 0.29) is 22.2 Å². The Morgan fingerprint density at radius 3 is 2.44 bits per heavy atom. The van der Waals surface area contributed by atoms with Gasteiger partial charge in [0.2, 0.25) is 0 Å². The Bertz CT molecular complexity index is 1310. The molecular weight excluding hydrogens is 460 g/mol. The Morgan fingerprint density at radius 2 is 1.82 bits per heavy atom. The van der Waals surface area contributed by atoms with Crippen molar-refractivity contribution in [2.24, 2.45) is 0 Å². The summed E-state index contributed by atoms with van der Waals surface area (Å²) < 4.78 is 34.1. The van der Waals surface area contributed by atoms with Crippen LogP contribution in [-0.4, -0.2) is 23.9 Å². The number of carbonyl (C=O) groups excluding carboxylic acids is 2. The number of benzene rings is 2. The van der Waals surface area contributed by atoms with Gasteiger partial charge >= 0.3 is 0 Å². The van der Waals surface area contributed by atoms with E-state index >= 15 is 0 Å². The maximum absolute atomic E-state index is 14.7. The van der Waals surface area contributed by atoms with Crippen molar-refractivity contribution in [1.29, 1.82) is 0 Å². The van der Waals surface area contributed by atoms with Crippen LogP contribution in [0.5, 0.6) is 5.75 Å². The van der Waals surface area contributed by atoms with Crippen LogP contribution >= 0.6 is 11.3 Å². The lowest BCUT2D eigenvalue weighted by Gasteiger charge is -2.25. The van der Waals surface area contributed by atoms with Crippen LogP contribution < -0.4 is 9.64 Å². The summed E-state index contributed by atoms with van der Waals surface area (Å²) in [5.41, 5.74) is 0.225. The zero-order valence-corrected chi connectivity index (χ0v) is 19.9. The van der Waals surface area contributed by atoms with Crippen LogP contribution in [-0.2, 0) is 15.0 Å². The normalized spacial score (nSPS) is 17.9. The molecular formula is C26H23F2NO4S. The van der Waals surface area contributed by atoms with Gasteiger partial charge in [0.15, 0.2) is 0 Å². The summed E-state index contributed by atoms with van der Waals surface area (Å²) in [6, 6.07) is 10.2. The van der Waals surface area contributed by atoms with Crippen molar-refractivity contribution in [3.63, 3.8) is 0 Å². The summed E-state index contributed by atoms with van der Waals surface area (Å²) in [5, 5.41) is 13.1. The molecule has 1 aliphatic rings. The minimum absolute atomic E-state index is 0.222. The molecule has 176 valence electrons. The van der Waals surface area contributed by atoms with E-state index in [9.17, 15) is 23.5 Å². The van der Waals surface area contributed by atoms with E-state index in [4.69, 9.17) is 4.74 Å². The molecule has 1 aromatic heterocycles. The number of ether oxygens (including phenoxy) is 1. The first-order chi connectivity index (χ1) is 16.0. The molecule has 2 aromatic carbocycles. The Morgan fingerprint density at radius 1 is 1.09 bits per heavy atom. The number of ketones is 1. The highest BCUT2D eigenvalue weighted by molar-refractivity contribution is 7.10. The van der Waals surface area contributed by atoms with Crippen molar-refractivity contribution in [2.45, 2.75) is 32.2 Å². The van der Waals surface area contributed by atoms with Gasteiger partial charge in [0.1, 0.15) is 29.2 Å². The highest BCUT2D eigenvalue weighted by Gasteiger charge is 2.48. The first-order valence-electron chi connectivity index (χ1n) is 10.5. The monoisotopic (exact) mass is 483 g/mol. The maximum atomic E-state index is 14.7. The van der Waals surface area contributed by atoms with E-state index in [1.54, 1.807) is 29.6 Å². The van der Waals surface area contributed by atoms with Gasteiger partial charge in [-0.1, -0.05) is 32.9 Å². The molecule has 4 rings (SSSR count). The Labute approximate surface area is 199 Å². The number of thiophene rings is 1. The molecule has 1 saturated heterocycles. The lowest BCUT2D eigenvalue weighted by molar-refractivity contribution is -0.132. The molecule has 3 aromatic rings. The molecule has 2 heterocycles. The van der Waals surface area contributed by atoms with Crippen LogP contribution in [0.4, 0.5) is 14.5 Å². The first-order valence-corrected chi connectivity index (χ1v) is 11.4. The number of amides is 1. The number of halogens is 2. The fraction of sp³-hybridized carbons (Fsp3) is 0.231. The number of anilines is 1. The molecule has 1 aliphatic heterocycles.